The van der Waals surface area contributed by atoms with Crippen molar-refractivity contribution < 1.29 is 0 Å². The lowest BCUT2D eigenvalue weighted by molar-refractivity contribution is 0.695. The predicted octanol–water partition coefficient (Wildman–Crippen LogP) is 3.65. The van der Waals surface area contributed by atoms with E-state index in [4.69, 9.17) is 0 Å². The third kappa shape index (κ3) is 4.12. The molecule has 1 aromatic heterocycles. The zero-order valence-corrected chi connectivity index (χ0v) is 11.9. The molecule has 2 rings (SSSR count). The summed E-state index contributed by atoms with van der Waals surface area (Å²) >= 11 is 0. The molecule has 3 nitrogen and oxygen atoms in total. The Kier molecular flexibility index (Phi) is 5.01. The molecule has 0 bridgehead atoms. The fraction of sp³-hybridized carbons (Fsp3) is 0.438. The van der Waals surface area contributed by atoms with Crippen LogP contribution in [0.15, 0.2) is 36.7 Å². The summed E-state index contributed by atoms with van der Waals surface area (Å²) in [4.78, 5) is 4.37. The maximum atomic E-state index is 4.37. The summed E-state index contributed by atoms with van der Waals surface area (Å²) < 4.78 is 2.19. The van der Waals surface area contributed by atoms with Crippen LogP contribution in [-0.4, -0.2) is 16.1 Å². The summed E-state index contributed by atoms with van der Waals surface area (Å²) in [5, 5.41) is 3.39. The van der Waals surface area contributed by atoms with Crippen molar-refractivity contribution in [2.45, 2.75) is 39.7 Å². The van der Waals surface area contributed by atoms with Crippen LogP contribution in [0.3, 0.4) is 0 Å². The lowest BCUT2D eigenvalue weighted by Gasteiger charge is -2.09. The van der Waals surface area contributed by atoms with Gasteiger partial charge in [0.1, 0.15) is 0 Å². The van der Waals surface area contributed by atoms with Crippen LogP contribution in [0, 0.1) is 6.92 Å². The first-order valence-corrected chi connectivity index (χ1v) is 7.10. The third-order valence-electron chi connectivity index (χ3n) is 3.25. The fourth-order valence-corrected chi connectivity index (χ4v) is 2.15. The van der Waals surface area contributed by atoms with E-state index >= 15 is 0 Å². The number of unbranched alkanes of at least 4 members (excludes halogenated alkanes) is 1. The summed E-state index contributed by atoms with van der Waals surface area (Å²) in [6.45, 7) is 6.31. The molecule has 2 aromatic rings. The SMILES string of the molecule is CCCCNc1nccn1CCc1cccc(C)c1. The molecule has 0 atom stereocenters. The second-order valence-corrected chi connectivity index (χ2v) is 4.96. The minimum Gasteiger partial charge on any atom is -0.356 e. The van der Waals surface area contributed by atoms with Gasteiger partial charge in [-0.25, -0.2) is 4.98 Å². The van der Waals surface area contributed by atoms with E-state index < -0.39 is 0 Å². The van der Waals surface area contributed by atoms with Gasteiger partial charge < -0.3 is 9.88 Å². The molecule has 0 spiro atoms. The van der Waals surface area contributed by atoms with Gasteiger partial charge in [0.2, 0.25) is 5.95 Å². The standard InChI is InChI=1S/C16H23N3/c1-3-4-9-17-16-18-10-12-19(16)11-8-15-7-5-6-14(2)13-15/h5-7,10,12-13H,3-4,8-9,11H2,1-2H3,(H,17,18). The number of aromatic nitrogens is 2. The van der Waals surface area contributed by atoms with Gasteiger partial charge in [0.25, 0.3) is 0 Å². The van der Waals surface area contributed by atoms with Crippen molar-refractivity contribution >= 4 is 5.95 Å². The first-order valence-electron chi connectivity index (χ1n) is 7.10. The molecule has 0 saturated carbocycles. The molecule has 3 heteroatoms. The average Bonchev–Trinajstić information content (AvgIpc) is 2.84. The van der Waals surface area contributed by atoms with Crippen molar-refractivity contribution in [2.24, 2.45) is 0 Å². The van der Waals surface area contributed by atoms with E-state index in [0.717, 1.165) is 25.5 Å². The maximum Gasteiger partial charge on any atom is 0.202 e. The van der Waals surface area contributed by atoms with E-state index in [1.165, 1.54) is 24.0 Å². The van der Waals surface area contributed by atoms with E-state index in [1.807, 2.05) is 12.4 Å². The number of anilines is 1. The highest BCUT2D eigenvalue weighted by molar-refractivity contribution is 5.26. The highest BCUT2D eigenvalue weighted by atomic mass is 15.2. The van der Waals surface area contributed by atoms with Crippen molar-refractivity contribution in [2.75, 3.05) is 11.9 Å². The van der Waals surface area contributed by atoms with Crippen LogP contribution < -0.4 is 5.32 Å². The first-order chi connectivity index (χ1) is 9.29. The number of nitrogens with one attached hydrogen (secondary N) is 1. The summed E-state index contributed by atoms with van der Waals surface area (Å²) in [5.41, 5.74) is 2.71. The molecule has 0 aliphatic rings. The van der Waals surface area contributed by atoms with E-state index in [0.29, 0.717) is 0 Å². The molecule has 19 heavy (non-hydrogen) atoms. The molecule has 0 aliphatic heterocycles. The Balaban J connectivity index is 1.90. The molecule has 1 heterocycles. The van der Waals surface area contributed by atoms with Crippen LogP contribution in [0.25, 0.3) is 0 Å². The second kappa shape index (κ2) is 6.98. The normalized spacial score (nSPS) is 10.6. The Morgan fingerprint density at radius 2 is 2.21 bits per heavy atom. The van der Waals surface area contributed by atoms with E-state index in [1.54, 1.807) is 0 Å². The molecule has 102 valence electrons. The molecule has 0 aliphatic carbocycles. The van der Waals surface area contributed by atoms with Crippen LogP contribution in [0.2, 0.25) is 0 Å². The monoisotopic (exact) mass is 257 g/mol. The summed E-state index contributed by atoms with van der Waals surface area (Å²) in [5.74, 6) is 0.987. The number of imidazole rings is 1. The van der Waals surface area contributed by atoms with Crippen LogP contribution in [-0.2, 0) is 13.0 Å². The van der Waals surface area contributed by atoms with Crippen LogP contribution in [0.5, 0.6) is 0 Å². The highest BCUT2D eigenvalue weighted by Crippen LogP contribution is 2.09. The van der Waals surface area contributed by atoms with Crippen molar-refractivity contribution in [3.8, 4) is 0 Å². The van der Waals surface area contributed by atoms with Gasteiger partial charge in [-0.05, 0) is 25.3 Å². The van der Waals surface area contributed by atoms with Crippen molar-refractivity contribution in [3.05, 3.63) is 47.8 Å². The van der Waals surface area contributed by atoms with Gasteiger partial charge in [0.15, 0.2) is 0 Å². The van der Waals surface area contributed by atoms with Gasteiger partial charge in [0, 0.05) is 25.5 Å². The van der Waals surface area contributed by atoms with Crippen molar-refractivity contribution in [3.63, 3.8) is 0 Å². The number of nitrogens with zero attached hydrogens (tertiary/aromatic N) is 2. The zero-order valence-electron chi connectivity index (χ0n) is 11.9. The van der Waals surface area contributed by atoms with Gasteiger partial charge in [-0.1, -0.05) is 43.2 Å². The fourth-order valence-electron chi connectivity index (χ4n) is 2.15. The molecule has 0 unspecified atom stereocenters. The quantitative estimate of drug-likeness (QED) is 0.767. The van der Waals surface area contributed by atoms with E-state index in [2.05, 4.69) is 53.0 Å². The molecular formula is C16H23N3. The van der Waals surface area contributed by atoms with E-state index in [9.17, 15) is 0 Å². The lowest BCUT2D eigenvalue weighted by Crippen LogP contribution is -2.09. The minimum absolute atomic E-state index is 0.970. The van der Waals surface area contributed by atoms with Gasteiger partial charge in [-0.15, -0.1) is 0 Å². The Morgan fingerprint density at radius 3 is 3.00 bits per heavy atom. The molecule has 0 amide bonds. The lowest BCUT2D eigenvalue weighted by atomic mass is 10.1. The highest BCUT2D eigenvalue weighted by Gasteiger charge is 2.02. The molecule has 0 radical (unpaired) electrons. The summed E-state index contributed by atoms with van der Waals surface area (Å²) in [7, 11) is 0. The molecule has 0 saturated heterocycles. The number of hydrogen-bond donors (Lipinski definition) is 1. The van der Waals surface area contributed by atoms with Crippen LogP contribution in [0.4, 0.5) is 5.95 Å². The van der Waals surface area contributed by atoms with Crippen molar-refractivity contribution in [1.82, 2.24) is 9.55 Å². The largest absolute Gasteiger partial charge is 0.356 e. The third-order valence-corrected chi connectivity index (χ3v) is 3.25. The minimum atomic E-state index is 0.970. The smallest absolute Gasteiger partial charge is 0.202 e. The van der Waals surface area contributed by atoms with Crippen LogP contribution >= 0.6 is 0 Å². The average molecular weight is 257 g/mol. The van der Waals surface area contributed by atoms with E-state index in [-0.39, 0.29) is 0 Å². The van der Waals surface area contributed by atoms with Gasteiger partial charge in [-0.3, -0.25) is 0 Å². The maximum absolute atomic E-state index is 4.37. The van der Waals surface area contributed by atoms with Crippen LogP contribution in [0.1, 0.15) is 30.9 Å². The summed E-state index contributed by atoms with van der Waals surface area (Å²) in [6.07, 6.45) is 7.34. The molecular weight excluding hydrogens is 234 g/mol. The number of hydrogen-bond acceptors (Lipinski definition) is 2. The summed E-state index contributed by atoms with van der Waals surface area (Å²) in [6, 6.07) is 8.70. The Bertz CT molecular complexity index is 502. The number of benzene rings is 1. The molecule has 1 N–H and O–H groups in total. The second-order valence-electron chi connectivity index (χ2n) is 4.96. The van der Waals surface area contributed by atoms with Crippen molar-refractivity contribution in [1.29, 1.82) is 0 Å². The predicted molar refractivity (Wildman–Crippen MR) is 80.5 cm³/mol. The Labute approximate surface area is 115 Å². The Hall–Kier alpha value is -1.77. The number of aryl methyl sites for hydroxylation is 3. The zero-order chi connectivity index (χ0) is 13.5. The molecule has 0 fully saturated rings. The Morgan fingerprint density at radius 1 is 1.32 bits per heavy atom. The van der Waals surface area contributed by atoms with Gasteiger partial charge >= 0.3 is 0 Å². The van der Waals surface area contributed by atoms with Gasteiger partial charge in [0.05, 0.1) is 0 Å². The number of rotatable bonds is 7. The topological polar surface area (TPSA) is 29.9 Å². The first kappa shape index (κ1) is 13.7. The van der Waals surface area contributed by atoms with Gasteiger partial charge in [-0.2, -0.15) is 0 Å². The molecule has 1 aromatic carbocycles.